The molecule has 4 saturated heterocycles. The maximum absolute atomic E-state index is 13.2. The summed E-state index contributed by atoms with van der Waals surface area (Å²) in [5.74, 6) is -0.148. The van der Waals surface area contributed by atoms with E-state index in [1.807, 2.05) is 31.2 Å². The van der Waals surface area contributed by atoms with Gasteiger partial charge in [-0.05, 0) is 43.0 Å². The number of ketones is 1. The van der Waals surface area contributed by atoms with Gasteiger partial charge in [0.15, 0.2) is 5.78 Å². The Morgan fingerprint density at radius 3 is 2.30 bits per heavy atom. The fraction of sp³-hybridized carbons (Fsp3) is 0.655. The van der Waals surface area contributed by atoms with Gasteiger partial charge in [-0.3, -0.25) is 24.1 Å². The van der Waals surface area contributed by atoms with Crippen LogP contribution in [0.5, 0.6) is 0 Å². The van der Waals surface area contributed by atoms with E-state index < -0.39 is 6.04 Å². The predicted molar refractivity (Wildman–Crippen MR) is 152 cm³/mol. The Morgan fingerprint density at radius 1 is 0.925 bits per heavy atom. The first-order valence-corrected chi connectivity index (χ1v) is 14.8. The van der Waals surface area contributed by atoms with Crippen molar-refractivity contribution in [2.75, 3.05) is 83.4 Å². The molecular weight excluding hydrogens is 510 g/mol. The number of nitrogens with one attached hydrogen (secondary N) is 3. The maximum atomic E-state index is 13.2. The highest BCUT2D eigenvalue weighted by Crippen LogP contribution is 2.31. The van der Waals surface area contributed by atoms with E-state index >= 15 is 0 Å². The fourth-order valence-electron chi connectivity index (χ4n) is 6.37. The van der Waals surface area contributed by atoms with E-state index in [9.17, 15) is 19.2 Å². The molecule has 218 valence electrons. The van der Waals surface area contributed by atoms with Gasteiger partial charge in [-0.25, -0.2) is 0 Å². The quantitative estimate of drug-likeness (QED) is 0.376. The van der Waals surface area contributed by atoms with Gasteiger partial charge < -0.3 is 30.7 Å². The van der Waals surface area contributed by atoms with Crippen molar-refractivity contribution in [3.05, 3.63) is 29.8 Å². The lowest BCUT2D eigenvalue weighted by molar-refractivity contribution is -0.137. The highest BCUT2D eigenvalue weighted by molar-refractivity contribution is 5.98. The van der Waals surface area contributed by atoms with Crippen molar-refractivity contribution in [1.82, 2.24) is 30.7 Å². The first-order valence-electron chi connectivity index (χ1n) is 14.8. The summed E-state index contributed by atoms with van der Waals surface area (Å²) < 4.78 is 0. The lowest BCUT2D eigenvalue weighted by atomic mass is 10.0. The number of rotatable bonds is 9. The number of amides is 3. The average Bonchev–Trinajstić information content (AvgIpc) is 3.55. The second-order valence-corrected chi connectivity index (χ2v) is 11.5. The van der Waals surface area contributed by atoms with Crippen molar-refractivity contribution in [3.63, 3.8) is 0 Å². The van der Waals surface area contributed by atoms with Crippen LogP contribution in [0.25, 0.3) is 0 Å². The molecule has 3 atom stereocenters. The van der Waals surface area contributed by atoms with E-state index in [4.69, 9.17) is 0 Å². The number of piperazine rings is 2. The maximum Gasteiger partial charge on any atom is 0.251 e. The highest BCUT2D eigenvalue weighted by Gasteiger charge is 2.51. The van der Waals surface area contributed by atoms with Crippen molar-refractivity contribution in [2.45, 2.75) is 38.3 Å². The normalized spacial score (nSPS) is 24.2. The Balaban J connectivity index is 1.05. The predicted octanol–water partition coefficient (Wildman–Crippen LogP) is -0.472. The molecule has 0 radical (unpaired) electrons. The molecule has 40 heavy (non-hydrogen) atoms. The van der Waals surface area contributed by atoms with E-state index in [0.29, 0.717) is 44.5 Å². The average molecular weight is 554 g/mol. The third-order valence-corrected chi connectivity index (χ3v) is 8.69. The molecule has 11 nitrogen and oxygen atoms in total. The summed E-state index contributed by atoms with van der Waals surface area (Å²) in [4.78, 5) is 59.5. The standard InChI is InChI=1S/C29H43N7O4/c1-21(6-8-32-29(40)22-2-4-23(5-3-22)34-16-11-31-12-17-34)18-26(38)35-13-7-24-28(35)25(37)19-36(24)27(39)20-33-14-9-30-10-15-33/h2-5,21,24,28,30-31H,6-20H2,1H3,(H,32,40). The zero-order valence-electron chi connectivity index (χ0n) is 23.6. The second-order valence-electron chi connectivity index (χ2n) is 11.5. The van der Waals surface area contributed by atoms with Crippen molar-refractivity contribution >= 4 is 29.2 Å². The monoisotopic (exact) mass is 553 g/mol. The zero-order chi connectivity index (χ0) is 28.1. The molecular formula is C29H43N7O4. The van der Waals surface area contributed by atoms with Gasteiger partial charge in [-0.1, -0.05) is 6.92 Å². The number of hydrogen-bond acceptors (Lipinski definition) is 8. The highest BCUT2D eigenvalue weighted by atomic mass is 16.2. The number of nitrogens with zero attached hydrogens (tertiary/aromatic N) is 4. The van der Waals surface area contributed by atoms with E-state index in [1.54, 1.807) is 9.80 Å². The summed E-state index contributed by atoms with van der Waals surface area (Å²) in [6, 6.07) is 6.99. The van der Waals surface area contributed by atoms with Gasteiger partial charge in [-0.15, -0.1) is 0 Å². The van der Waals surface area contributed by atoms with Crippen molar-refractivity contribution < 1.29 is 19.2 Å². The van der Waals surface area contributed by atoms with Gasteiger partial charge in [-0.2, -0.15) is 0 Å². The molecule has 0 saturated carbocycles. The molecule has 1 aromatic carbocycles. The van der Waals surface area contributed by atoms with Crippen molar-refractivity contribution in [1.29, 1.82) is 0 Å². The Bertz CT molecular complexity index is 1070. The number of likely N-dealkylation sites (tertiary alicyclic amines) is 2. The van der Waals surface area contributed by atoms with E-state index in [2.05, 4.69) is 25.8 Å². The minimum Gasteiger partial charge on any atom is -0.369 e. The van der Waals surface area contributed by atoms with Gasteiger partial charge in [0.05, 0.1) is 19.1 Å². The SMILES string of the molecule is CC(CCNC(=O)c1ccc(N2CCNCC2)cc1)CC(=O)N1CCC2C1C(=O)CN2C(=O)CN1CCNCC1. The zero-order valence-corrected chi connectivity index (χ0v) is 23.6. The van der Waals surface area contributed by atoms with Crippen molar-refractivity contribution in [3.8, 4) is 0 Å². The molecule has 3 amide bonds. The van der Waals surface area contributed by atoms with Crippen LogP contribution in [0.15, 0.2) is 24.3 Å². The Labute approximate surface area is 236 Å². The van der Waals surface area contributed by atoms with Gasteiger partial charge in [0.1, 0.15) is 6.04 Å². The van der Waals surface area contributed by atoms with Gasteiger partial charge in [0, 0.05) is 83.1 Å². The summed E-state index contributed by atoms with van der Waals surface area (Å²) >= 11 is 0. The first kappa shape index (κ1) is 28.5. The van der Waals surface area contributed by atoms with Gasteiger partial charge in [0.2, 0.25) is 11.8 Å². The Hall–Kier alpha value is -3.02. The van der Waals surface area contributed by atoms with Crippen LogP contribution in [0.4, 0.5) is 5.69 Å². The molecule has 4 aliphatic rings. The van der Waals surface area contributed by atoms with Gasteiger partial charge in [0.25, 0.3) is 5.91 Å². The summed E-state index contributed by atoms with van der Waals surface area (Å²) in [5.41, 5.74) is 1.75. The lowest BCUT2D eigenvalue weighted by Gasteiger charge is -2.30. The number of anilines is 1. The number of benzene rings is 1. The van der Waals surface area contributed by atoms with Crippen LogP contribution in [-0.4, -0.2) is 129 Å². The summed E-state index contributed by atoms with van der Waals surface area (Å²) in [6.45, 7) is 10.7. The van der Waals surface area contributed by atoms with E-state index in [1.165, 1.54) is 0 Å². The smallest absolute Gasteiger partial charge is 0.251 e. The summed E-state index contributed by atoms with van der Waals surface area (Å²) in [7, 11) is 0. The molecule has 3 unspecified atom stereocenters. The number of carbonyl (C=O) groups is 4. The molecule has 3 N–H and O–H groups in total. The summed E-state index contributed by atoms with van der Waals surface area (Å²) in [5, 5.41) is 9.60. The second kappa shape index (κ2) is 13.1. The molecule has 0 bridgehead atoms. The molecule has 11 heteroatoms. The fourth-order valence-corrected chi connectivity index (χ4v) is 6.37. The number of fused-ring (bicyclic) bond motifs is 1. The lowest BCUT2D eigenvalue weighted by Crippen LogP contribution is -2.50. The molecule has 4 heterocycles. The van der Waals surface area contributed by atoms with E-state index in [-0.39, 0.29) is 42.0 Å². The van der Waals surface area contributed by atoms with E-state index in [0.717, 1.165) is 58.0 Å². The molecule has 0 aromatic heterocycles. The van der Waals surface area contributed by atoms with Crippen LogP contribution in [-0.2, 0) is 14.4 Å². The number of hydrogen-bond donors (Lipinski definition) is 3. The largest absolute Gasteiger partial charge is 0.369 e. The van der Waals surface area contributed by atoms with Crippen LogP contribution >= 0.6 is 0 Å². The number of carbonyl (C=O) groups excluding carboxylic acids is 4. The van der Waals surface area contributed by atoms with Gasteiger partial charge >= 0.3 is 0 Å². The molecule has 0 aliphatic carbocycles. The Kier molecular flexibility index (Phi) is 9.33. The summed E-state index contributed by atoms with van der Waals surface area (Å²) in [6.07, 6.45) is 1.63. The third kappa shape index (κ3) is 6.64. The molecule has 5 rings (SSSR count). The van der Waals surface area contributed by atoms with Crippen LogP contribution in [0.3, 0.4) is 0 Å². The van der Waals surface area contributed by atoms with Crippen molar-refractivity contribution in [2.24, 2.45) is 5.92 Å². The molecule has 4 fully saturated rings. The van der Waals surface area contributed by atoms with Crippen LogP contribution < -0.4 is 20.9 Å². The van der Waals surface area contributed by atoms with Crippen LogP contribution in [0, 0.1) is 5.92 Å². The van der Waals surface area contributed by atoms with Crippen LogP contribution in [0.2, 0.25) is 0 Å². The first-order chi connectivity index (χ1) is 19.4. The third-order valence-electron chi connectivity index (χ3n) is 8.69. The molecule has 1 aromatic rings. The Morgan fingerprint density at radius 2 is 1.60 bits per heavy atom. The molecule has 4 aliphatic heterocycles. The van der Waals surface area contributed by atoms with Crippen LogP contribution in [0.1, 0.15) is 36.5 Å². The minimum absolute atomic E-state index is 0.0143. The topological polar surface area (TPSA) is 117 Å². The number of Topliss-reactive ketones (excluding diaryl/α,β-unsaturated/α-hetero) is 1. The molecule has 0 spiro atoms. The minimum atomic E-state index is -0.518.